The van der Waals surface area contributed by atoms with Gasteiger partial charge in [0.05, 0.1) is 6.61 Å². The second kappa shape index (κ2) is 6.89. The minimum Gasteiger partial charge on any atom is -0.484 e. The number of methoxy groups -OCH3 is 1. The van der Waals surface area contributed by atoms with Crippen molar-refractivity contribution in [3.05, 3.63) is 30.3 Å². The molecule has 2 aliphatic heterocycles. The molecule has 0 radical (unpaired) electrons. The number of carbonyl (C=O) groups is 1. The number of amides is 1. The molecule has 5 heteroatoms. The van der Waals surface area contributed by atoms with E-state index >= 15 is 0 Å². The van der Waals surface area contributed by atoms with Crippen molar-refractivity contribution in [1.82, 2.24) is 9.80 Å². The fourth-order valence-corrected chi connectivity index (χ4v) is 4.06. The third-order valence-electron chi connectivity index (χ3n) is 5.19. The number of hydrogen-bond donors (Lipinski definition) is 0. The number of para-hydroxylation sites is 1. The number of ether oxygens (including phenoxy) is 2. The zero-order chi connectivity index (χ0) is 16.3. The van der Waals surface area contributed by atoms with Gasteiger partial charge < -0.3 is 19.3 Å². The molecule has 2 aliphatic rings. The van der Waals surface area contributed by atoms with Gasteiger partial charge in [0, 0.05) is 44.6 Å². The summed E-state index contributed by atoms with van der Waals surface area (Å²) in [7, 11) is 3.91. The smallest absolute Gasteiger partial charge is 0.260 e. The van der Waals surface area contributed by atoms with Crippen molar-refractivity contribution in [2.24, 2.45) is 11.3 Å². The molecule has 1 aromatic rings. The van der Waals surface area contributed by atoms with Crippen molar-refractivity contribution in [3.8, 4) is 5.75 Å². The van der Waals surface area contributed by atoms with E-state index in [1.807, 2.05) is 35.2 Å². The minimum absolute atomic E-state index is 0.0800. The Kier molecular flexibility index (Phi) is 4.87. The first-order valence-electron chi connectivity index (χ1n) is 8.26. The van der Waals surface area contributed by atoms with Crippen molar-refractivity contribution in [3.63, 3.8) is 0 Å². The van der Waals surface area contributed by atoms with Crippen molar-refractivity contribution in [2.45, 2.75) is 6.42 Å². The number of benzene rings is 1. The highest BCUT2D eigenvalue weighted by Crippen LogP contribution is 2.43. The Labute approximate surface area is 138 Å². The molecular formula is C18H26N2O3. The van der Waals surface area contributed by atoms with Crippen LogP contribution in [-0.2, 0) is 9.53 Å². The van der Waals surface area contributed by atoms with Gasteiger partial charge in [-0.2, -0.15) is 0 Å². The summed E-state index contributed by atoms with van der Waals surface area (Å²) in [5.41, 5.74) is 0.188. The van der Waals surface area contributed by atoms with Gasteiger partial charge in [-0.3, -0.25) is 4.79 Å². The number of likely N-dealkylation sites (tertiary alicyclic amines) is 2. The van der Waals surface area contributed by atoms with Gasteiger partial charge in [-0.25, -0.2) is 0 Å². The summed E-state index contributed by atoms with van der Waals surface area (Å²) in [6, 6.07) is 9.51. The average Bonchev–Trinajstić information content (AvgIpc) is 3.11. The number of nitrogens with zero attached hydrogens (tertiary/aromatic N) is 2. The predicted molar refractivity (Wildman–Crippen MR) is 88.4 cm³/mol. The van der Waals surface area contributed by atoms with E-state index in [9.17, 15) is 4.79 Å². The Hall–Kier alpha value is -1.59. The van der Waals surface area contributed by atoms with Gasteiger partial charge >= 0.3 is 0 Å². The predicted octanol–water partition coefficient (Wildman–Crippen LogP) is 1.49. The van der Waals surface area contributed by atoms with Crippen LogP contribution in [0.25, 0.3) is 0 Å². The van der Waals surface area contributed by atoms with E-state index in [4.69, 9.17) is 9.47 Å². The highest BCUT2D eigenvalue weighted by Gasteiger charge is 2.50. The van der Waals surface area contributed by atoms with Gasteiger partial charge in [0.15, 0.2) is 6.61 Å². The Morgan fingerprint density at radius 2 is 2.09 bits per heavy atom. The fourth-order valence-electron chi connectivity index (χ4n) is 4.06. The summed E-state index contributed by atoms with van der Waals surface area (Å²) in [5, 5.41) is 0. The van der Waals surface area contributed by atoms with E-state index < -0.39 is 0 Å². The van der Waals surface area contributed by atoms with Crippen LogP contribution in [-0.4, -0.2) is 69.3 Å². The lowest BCUT2D eigenvalue weighted by Crippen LogP contribution is -2.39. The second-order valence-corrected chi connectivity index (χ2v) is 6.88. The summed E-state index contributed by atoms with van der Waals surface area (Å²) in [5.74, 6) is 1.33. The minimum atomic E-state index is 0.0800. The lowest BCUT2D eigenvalue weighted by molar-refractivity contribution is -0.132. The first-order chi connectivity index (χ1) is 11.1. The normalized spacial score (nSPS) is 27.7. The summed E-state index contributed by atoms with van der Waals surface area (Å²) in [4.78, 5) is 16.8. The van der Waals surface area contributed by atoms with Crippen LogP contribution in [0.5, 0.6) is 5.75 Å². The van der Waals surface area contributed by atoms with Crippen LogP contribution in [0.3, 0.4) is 0 Å². The third-order valence-corrected chi connectivity index (χ3v) is 5.19. The molecule has 2 atom stereocenters. The van der Waals surface area contributed by atoms with Crippen LogP contribution in [0.2, 0.25) is 0 Å². The molecule has 5 nitrogen and oxygen atoms in total. The number of rotatable bonds is 5. The first-order valence-corrected chi connectivity index (χ1v) is 8.26. The molecule has 3 rings (SSSR count). The van der Waals surface area contributed by atoms with Crippen LogP contribution in [0.1, 0.15) is 6.42 Å². The maximum absolute atomic E-state index is 12.5. The molecule has 2 saturated heterocycles. The average molecular weight is 318 g/mol. The molecular weight excluding hydrogens is 292 g/mol. The Morgan fingerprint density at radius 1 is 1.30 bits per heavy atom. The molecule has 1 spiro atoms. The zero-order valence-electron chi connectivity index (χ0n) is 14.0. The third kappa shape index (κ3) is 3.51. The summed E-state index contributed by atoms with van der Waals surface area (Å²) >= 11 is 0. The quantitative estimate of drug-likeness (QED) is 0.825. The van der Waals surface area contributed by atoms with Crippen LogP contribution in [0, 0.1) is 11.3 Å². The largest absolute Gasteiger partial charge is 0.484 e. The molecule has 2 fully saturated rings. The molecule has 0 aromatic heterocycles. The SMILES string of the molecule is COC[C@@H]1CN(C)C[C@@]12CCN(C(=O)COc1ccccc1)C2. The van der Waals surface area contributed by atoms with Gasteiger partial charge in [-0.15, -0.1) is 0 Å². The lowest BCUT2D eigenvalue weighted by Gasteiger charge is -2.30. The number of hydrogen-bond acceptors (Lipinski definition) is 4. The zero-order valence-corrected chi connectivity index (χ0v) is 14.0. The highest BCUT2D eigenvalue weighted by molar-refractivity contribution is 5.78. The van der Waals surface area contributed by atoms with Gasteiger partial charge in [0.2, 0.25) is 0 Å². The van der Waals surface area contributed by atoms with Crippen LogP contribution < -0.4 is 4.74 Å². The monoisotopic (exact) mass is 318 g/mol. The Morgan fingerprint density at radius 3 is 2.83 bits per heavy atom. The van der Waals surface area contributed by atoms with Crippen molar-refractivity contribution >= 4 is 5.91 Å². The van der Waals surface area contributed by atoms with E-state index in [0.29, 0.717) is 5.92 Å². The van der Waals surface area contributed by atoms with Crippen molar-refractivity contribution in [1.29, 1.82) is 0 Å². The Balaban J connectivity index is 1.57. The second-order valence-electron chi connectivity index (χ2n) is 6.88. The fraction of sp³-hybridized carbons (Fsp3) is 0.611. The van der Waals surface area contributed by atoms with Gasteiger partial charge in [0.1, 0.15) is 5.75 Å². The molecule has 1 amide bonds. The van der Waals surface area contributed by atoms with Crippen LogP contribution in [0.4, 0.5) is 0 Å². The van der Waals surface area contributed by atoms with E-state index in [0.717, 1.165) is 45.0 Å². The molecule has 0 saturated carbocycles. The van der Waals surface area contributed by atoms with E-state index in [2.05, 4.69) is 11.9 Å². The van der Waals surface area contributed by atoms with Gasteiger partial charge in [0.25, 0.3) is 5.91 Å². The Bertz CT molecular complexity index is 536. The maximum atomic E-state index is 12.5. The van der Waals surface area contributed by atoms with E-state index in [-0.39, 0.29) is 17.9 Å². The van der Waals surface area contributed by atoms with Gasteiger partial charge in [-0.1, -0.05) is 18.2 Å². The van der Waals surface area contributed by atoms with E-state index in [1.165, 1.54) is 0 Å². The molecule has 126 valence electrons. The van der Waals surface area contributed by atoms with Crippen molar-refractivity contribution < 1.29 is 14.3 Å². The number of carbonyl (C=O) groups excluding carboxylic acids is 1. The molecule has 0 aliphatic carbocycles. The van der Waals surface area contributed by atoms with Crippen molar-refractivity contribution in [2.75, 3.05) is 53.6 Å². The maximum Gasteiger partial charge on any atom is 0.260 e. The molecule has 1 aromatic carbocycles. The molecule has 0 N–H and O–H groups in total. The standard InChI is InChI=1S/C18H26N2O3/c1-19-10-15(11-22-2)18(13-19)8-9-20(14-18)17(21)12-23-16-6-4-3-5-7-16/h3-7,15H,8-14H2,1-2H3/t15-,18+/m0/s1. The van der Waals surface area contributed by atoms with E-state index in [1.54, 1.807) is 7.11 Å². The first kappa shape index (κ1) is 16.3. The molecule has 0 bridgehead atoms. The highest BCUT2D eigenvalue weighted by atomic mass is 16.5. The molecule has 23 heavy (non-hydrogen) atoms. The van der Waals surface area contributed by atoms with Crippen LogP contribution in [0.15, 0.2) is 30.3 Å². The summed E-state index contributed by atoms with van der Waals surface area (Å²) in [6.07, 6.45) is 1.06. The van der Waals surface area contributed by atoms with Gasteiger partial charge in [-0.05, 0) is 25.6 Å². The summed E-state index contributed by atoms with van der Waals surface area (Å²) in [6.45, 7) is 4.63. The molecule has 0 unspecified atom stereocenters. The molecule has 2 heterocycles. The topological polar surface area (TPSA) is 42.0 Å². The van der Waals surface area contributed by atoms with Crippen LogP contribution >= 0.6 is 0 Å². The summed E-state index contributed by atoms with van der Waals surface area (Å²) < 4.78 is 11.0. The lowest BCUT2D eigenvalue weighted by atomic mass is 9.78.